The highest BCUT2D eigenvalue weighted by Crippen LogP contribution is 2.27. The monoisotopic (exact) mass is 365 g/mol. The maximum absolute atomic E-state index is 12.6. The lowest BCUT2D eigenvalue weighted by Gasteiger charge is -2.20. The van der Waals surface area contributed by atoms with Crippen LogP contribution in [0.1, 0.15) is 37.7 Å². The first kappa shape index (κ1) is 17.2. The summed E-state index contributed by atoms with van der Waals surface area (Å²) in [4.78, 5) is 0. The molecule has 1 aliphatic rings. The molecular weight excluding hydrogens is 346 g/mol. The number of halogens is 1. The van der Waals surface area contributed by atoms with Crippen LogP contribution in [0, 0.1) is 0 Å². The van der Waals surface area contributed by atoms with E-state index in [1.54, 1.807) is 12.1 Å². The van der Waals surface area contributed by atoms with Gasteiger partial charge in [-0.05, 0) is 42.7 Å². The van der Waals surface area contributed by atoms with E-state index in [9.17, 15) is 8.42 Å². The van der Waals surface area contributed by atoms with Crippen LogP contribution >= 0.6 is 11.6 Å². The third-order valence-electron chi connectivity index (χ3n) is 4.31. The minimum absolute atomic E-state index is 0.0754. The number of nitrogens with zero attached hydrogens (tertiary/aromatic N) is 2. The summed E-state index contributed by atoms with van der Waals surface area (Å²) in [6.07, 6.45) is 4.50. The van der Waals surface area contributed by atoms with Gasteiger partial charge in [0.1, 0.15) is 5.82 Å². The molecule has 0 radical (unpaired) electrons. The number of nitrogens with one attached hydrogen (secondary N) is 1. The van der Waals surface area contributed by atoms with Crippen LogP contribution in [-0.2, 0) is 16.4 Å². The summed E-state index contributed by atoms with van der Waals surface area (Å²) in [6.45, 7) is 0.570. The van der Waals surface area contributed by atoms with E-state index < -0.39 is 9.84 Å². The van der Waals surface area contributed by atoms with Crippen LogP contribution in [-0.4, -0.2) is 23.9 Å². The van der Waals surface area contributed by atoms with E-state index in [-0.39, 0.29) is 10.3 Å². The SMILES string of the molecule is O=S(=O)(c1ccc(NCc2ccc(Cl)cc2)nn1)C1CCCCC1. The number of benzene rings is 1. The Balaban J connectivity index is 1.65. The minimum Gasteiger partial charge on any atom is -0.365 e. The molecule has 0 unspecified atom stereocenters. The van der Waals surface area contributed by atoms with E-state index in [0.29, 0.717) is 17.4 Å². The molecule has 1 aliphatic carbocycles. The van der Waals surface area contributed by atoms with Crippen molar-refractivity contribution in [1.82, 2.24) is 10.2 Å². The van der Waals surface area contributed by atoms with E-state index in [4.69, 9.17) is 11.6 Å². The van der Waals surface area contributed by atoms with Gasteiger partial charge in [-0.1, -0.05) is 43.0 Å². The molecule has 0 spiro atoms. The van der Waals surface area contributed by atoms with Gasteiger partial charge in [0.25, 0.3) is 0 Å². The normalized spacial score (nSPS) is 16.0. The molecule has 1 N–H and O–H groups in total. The van der Waals surface area contributed by atoms with Crippen molar-refractivity contribution in [2.24, 2.45) is 0 Å². The second kappa shape index (κ2) is 7.49. The number of aromatic nitrogens is 2. The van der Waals surface area contributed by atoms with Gasteiger partial charge in [-0.3, -0.25) is 0 Å². The molecule has 7 heteroatoms. The van der Waals surface area contributed by atoms with Gasteiger partial charge < -0.3 is 5.32 Å². The summed E-state index contributed by atoms with van der Waals surface area (Å²) >= 11 is 5.85. The van der Waals surface area contributed by atoms with Crippen molar-refractivity contribution >= 4 is 27.3 Å². The fourth-order valence-corrected chi connectivity index (χ4v) is 4.74. The largest absolute Gasteiger partial charge is 0.365 e. The van der Waals surface area contributed by atoms with Gasteiger partial charge in [0.2, 0.25) is 0 Å². The zero-order chi connectivity index (χ0) is 17.0. The predicted octanol–water partition coefficient (Wildman–Crippen LogP) is 3.85. The van der Waals surface area contributed by atoms with Crippen LogP contribution in [0.3, 0.4) is 0 Å². The van der Waals surface area contributed by atoms with E-state index in [1.807, 2.05) is 24.3 Å². The highest BCUT2D eigenvalue weighted by atomic mass is 35.5. The third kappa shape index (κ3) is 4.05. The Morgan fingerprint density at radius 3 is 2.33 bits per heavy atom. The smallest absolute Gasteiger partial charge is 0.200 e. The molecule has 0 aliphatic heterocycles. The Morgan fingerprint density at radius 2 is 1.71 bits per heavy atom. The Morgan fingerprint density at radius 1 is 1.00 bits per heavy atom. The van der Waals surface area contributed by atoms with E-state index >= 15 is 0 Å². The fourth-order valence-electron chi connectivity index (χ4n) is 2.91. The summed E-state index contributed by atoms with van der Waals surface area (Å²) in [5, 5.41) is 11.5. The minimum atomic E-state index is -3.37. The first-order valence-electron chi connectivity index (χ1n) is 8.12. The van der Waals surface area contributed by atoms with E-state index in [1.165, 1.54) is 0 Å². The second-order valence-electron chi connectivity index (χ2n) is 6.04. The lowest BCUT2D eigenvalue weighted by atomic mass is 10.0. The highest BCUT2D eigenvalue weighted by Gasteiger charge is 2.30. The van der Waals surface area contributed by atoms with Gasteiger partial charge >= 0.3 is 0 Å². The molecule has 5 nitrogen and oxygen atoms in total. The summed E-state index contributed by atoms with van der Waals surface area (Å²) < 4.78 is 25.1. The number of hydrogen-bond donors (Lipinski definition) is 1. The molecule has 3 rings (SSSR count). The van der Waals surface area contributed by atoms with Gasteiger partial charge in [-0.15, -0.1) is 10.2 Å². The fraction of sp³-hybridized carbons (Fsp3) is 0.412. The maximum Gasteiger partial charge on any atom is 0.200 e. The molecule has 128 valence electrons. The average molecular weight is 366 g/mol. The summed E-state index contributed by atoms with van der Waals surface area (Å²) in [5.41, 5.74) is 1.06. The van der Waals surface area contributed by atoms with Crippen molar-refractivity contribution in [3.05, 3.63) is 47.0 Å². The standard InChI is InChI=1S/C17H20ClN3O2S/c18-14-8-6-13(7-9-14)12-19-16-10-11-17(21-20-16)24(22,23)15-4-2-1-3-5-15/h6-11,15H,1-5,12H2,(H,19,20). The second-order valence-corrected chi connectivity index (χ2v) is 8.65. The van der Waals surface area contributed by atoms with E-state index in [2.05, 4.69) is 15.5 Å². The Labute approximate surface area is 147 Å². The highest BCUT2D eigenvalue weighted by molar-refractivity contribution is 7.92. The summed E-state index contributed by atoms with van der Waals surface area (Å²) in [5.74, 6) is 0.549. The van der Waals surface area contributed by atoms with Crippen LogP contribution in [0.25, 0.3) is 0 Å². The van der Waals surface area contributed by atoms with Gasteiger partial charge in [-0.2, -0.15) is 0 Å². The van der Waals surface area contributed by atoms with Crippen molar-refractivity contribution < 1.29 is 8.42 Å². The topological polar surface area (TPSA) is 72.0 Å². The van der Waals surface area contributed by atoms with Crippen LogP contribution in [0.4, 0.5) is 5.82 Å². The number of anilines is 1. The molecule has 0 atom stereocenters. The Kier molecular flexibility index (Phi) is 5.36. The molecule has 24 heavy (non-hydrogen) atoms. The summed E-state index contributed by atoms with van der Waals surface area (Å²) in [7, 11) is -3.37. The quantitative estimate of drug-likeness (QED) is 0.871. The summed E-state index contributed by atoms with van der Waals surface area (Å²) in [6, 6.07) is 10.7. The predicted molar refractivity (Wildman–Crippen MR) is 94.9 cm³/mol. The first-order valence-corrected chi connectivity index (χ1v) is 10.0. The molecule has 0 bridgehead atoms. The average Bonchev–Trinajstić information content (AvgIpc) is 2.62. The van der Waals surface area contributed by atoms with E-state index in [0.717, 1.165) is 37.7 Å². The van der Waals surface area contributed by atoms with Crippen LogP contribution in [0.5, 0.6) is 0 Å². The molecule has 1 saturated carbocycles. The van der Waals surface area contributed by atoms with Gasteiger partial charge in [0.15, 0.2) is 14.9 Å². The van der Waals surface area contributed by atoms with Crippen molar-refractivity contribution in [2.45, 2.75) is 48.9 Å². The van der Waals surface area contributed by atoms with Gasteiger partial charge in [0.05, 0.1) is 5.25 Å². The van der Waals surface area contributed by atoms with Gasteiger partial charge in [0, 0.05) is 11.6 Å². The molecular formula is C17H20ClN3O2S. The molecule has 0 amide bonds. The Bertz CT molecular complexity index is 770. The molecule has 1 fully saturated rings. The number of sulfone groups is 1. The van der Waals surface area contributed by atoms with Crippen molar-refractivity contribution in [1.29, 1.82) is 0 Å². The van der Waals surface area contributed by atoms with Crippen molar-refractivity contribution in [3.63, 3.8) is 0 Å². The third-order valence-corrected chi connectivity index (χ3v) is 6.71. The molecule has 0 saturated heterocycles. The lowest BCUT2D eigenvalue weighted by Crippen LogP contribution is -2.25. The van der Waals surface area contributed by atoms with Crippen LogP contribution < -0.4 is 5.32 Å². The molecule has 1 heterocycles. The first-order chi connectivity index (χ1) is 11.6. The van der Waals surface area contributed by atoms with Crippen molar-refractivity contribution in [3.8, 4) is 0 Å². The Hall–Kier alpha value is -1.66. The molecule has 1 aromatic heterocycles. The number of hydrogen-bond acceptors (Lipinski definition) is 5. The lowest BCUT2D eigenvalue weighted by molar-refractivity contribution is 0.481. The van der Waals surface area contributed by atoms with Crippen LogP contribution in [0.2, 0.25) is 5.02 Å². The maximum atomic E-state index is 12.6. The van der Waals surface area contributed by atoms with Crippen molar-refractivity contribution in [2.75, 3.05) is 5.32 Å². The molecule has 2 aromatic rings. The molecule has 1 aromatic carbocycles. The zero-order valence-electron chi connectivity index (χ0n) is 13.3. The van der Waals surface area contributed by atoms with Crippen LogP contribution in [0.15, 0.2) is 41.4 Å². The number of rotatable bonds is 5. The zero-order valence-corrected chi connectivity index (χ0v) is 14.9. The van der Waals surface area contributed by atoms with Gasteiger partial charge in [-0.25, -0.2) is 8.42 Å².